The molecule has 2 heterocycles. The normalized spacial score (nSPS) is 40.8. The van der Waals surface area contributed by atoms with Crippen LogP contribution in [0.2, 0.25) is 0 Å². The molecule has 2 aliphatic rings. The molecule has 0 bridgehead atoms. The molecule has 0 aromatic rings. The quantitative estimate of drug-likeness (QED) is 0.486. The Morgan fingerprint density at radius 3 is 2.70 bits per heavy atom. The zero-order valence-corrected chi connectivity index (χ0v) is 6.15. The van der Waals surface area contributed by atoms with Gasteiger partial charge >= 0.3 is 0 Å². The van der Waals surface area contributed by atoms with E-state index in [2.05, 4.69) is 10.6 Å². The van der Waals surface area contributed by atoms with Gasteiger partial charge in [0.1, 0.15) is 0 Å². The van der Waals surface area contributed by atoms with Gasteiger partial charge in [0.25, 0.3) is 0 Å². The molecule has 2 rings (SSSR count). The molecule has 10 heavy (non-hydrogen) atoms. The smallest absolute Gasteiger partial charge is 0.0975 e. The second-order valence-corrected chi connectivity index (χ2v) is 3.18. The molecule has 58 valence electrons. The van der Waals surface area contributed by atoms with Gasteiger partial charge in [0, 0.05) is 13.1 Å². The maximum atomic E-state index is 5.61. The third kappa shape index (κ3) is 1.05. The van der Waals surface area contributed by atoms with Crippen molar-refractivity contribution in [3.8, 4) is 0 Å². The maximum absolute atomic E-state index is 5.61. The Labute approximate surface area is 61.1 Å². The lowest BCUT2D eigenvalue weighted by Crippen LogP contribution is -2.48. The van der Waals surface area contributed by atoms with Gasteiger partial charge in [-0.05, 0) is 19.4 Å². The summed E-state index contributed by atoms with van der Waals surface area (Å²) in [5, 5.41) is 6.57. The van der Waals surface area contributed by atoms with Crippen LogP contribution in [0.1, 0.15) is 12.8 Å². The van der Waals surface area contributed by atoms with Crippen molar-refractivity contribution in [3.63, 3.8) is 0 Å². The summed E-state index contributed by atoms with van der Waals surface area (Å²) < 4.78 is 5.61. The highest BCUT2D eigenvalue weighted by Crippen LogP contribution is 2.22. The van der Waals surface area contributed by atoms with E-state index in [0.29, 0.717) is 0 Å². The fraction of sp³-hybridized carbons (Fsp3) is 1.00. The summed E-state index contributed by atoms with van der Waals surface area (Å²) in [6.07, 6.45) is 2.47. The van der Waals surface area contributed by atoms with Crippen LogP contribution in [0.4, 0.5) is 0 Å². The summed E-state index contributed by atoms with van der Waals surface area (Å²) in [5.74, 6) is 0. The minimum atomic E-state index is 0.151. The van der Waals surface area contributed by atoms with E-state index >= 15 is 0 Å². The van der Waals surface area contributed by atoms with Crippen molar-refractivity contribution in [3.05, 3.63) is 0 Å². The zero-order chi connectivity index (χ0) is 6.86. The first kappa shape index (κ1) is 6.58. The molecule has 1 unspecified atom stereocenters. The maximum Gasteiger partial charge on any atom is 0.0975 e. The number of piperidine rings is 1. The van der Waals surface area contributed by atoms with Gasteiger partial charge in [0.15, 0.2) is 0 Å². The molecule has 1 spiro atoms. The van der Waals surface area contributed by atoms with Crippen LogP contribution in [0, 0.1) is 0 Å². The van der Waals surface area contributed by atoms with Gasteiger partial charge in [0.2, 0.25) is 0 Å². The number of hydrogen-bond acceptors (Lipinski definition) is 3. The standard InChI is InChI=1S/C7H14N2O/c1-2-7(4-8-3-1)5-9-6-10-7/h8-9H,1-6H2. The molecule has 0 aromatic heterocycles. The fourth-order valence-electron chi connectivity index (χ4n) is 1.75. The van der Waals surface area contributed by atoms with Gasteiger partial charge in [-0.15, -0.1) is 0 Å². The second kappa shape index (κ2) is 2.49. The predicted molar refractivity (Wildman–Crippen MR) is 38.8 cm³/mol. The Morgan fingerprint density at radius 1 is 1.20 bits per heavy atom. The molecular formula is C7H14N2O. The molecule has 0 amide bonds. The second-order valence-electron chi connectivity index (χ2n) is 3.18. The highest BCUT2D eigenvalue weighted by Gasteiger charge is 2.35. The lowest BCUT2D eigenvalue weighted by atomic mass is 9.95. The number of nitrogens with one attached hydrogen (secondary N) is 2. The average molecular weight is 142 g/mol. The van der Waals surface area contributed by atoms with Crippen LogP contribution in [-0.2, 0) is 4.74 Å². The number of hydrogen-bond donors (Lipinski definition) is 2. The van der Waals surface area contributed by atoms with Gasteiger partial charge < -0.3 is 10.1 Å². The van der Waals surface area contributed by atoms with E-state index in [1.807, 2.05) is 0 Å². The Bertz CT molecular complexity index is 113. The zero-order valence-electron chi connectivity index (χ0n) is 6.15. The van der Waals surface area contributed by atoms with Gasteiger partial charge in [-0.2, -0.15) is 0 Å². The molecule has 3 nitrogen and oxygen atoms in total. The van der Waals surface area contributed by atoms with Crippen molar-refractivity contribution in [1.82, 2.24) is 10.6 Å². The lowest BCUT2D eigenvalue weighted by Gasteiger charge is -2.31. The number of ether oxygens (including phenoxy) is 1. The third-order valence-electron chi connectivity index (χ3n) is 2.36. The first-order valence-corrected chi connectivity index (χ1v) is 3.97. The van der Waals surface area contributed by atoms with Crippen molar-refractivity contribution in [2.45, 2.75) is 18.4 Å². The van der Waals surface area contributed by atoms with Crippen molar-refractivity contribution in [2.24, 2.45) is 0 Å². The summed E-state index contributed by atoms with van der Waals surface area (Å²) in [6.45, 7) is 3.95. The molecule has 2 fully saturated rings. The monoisotopic (exact) mass is 142 g/mol. The Hall–Kier alpha value is -0.120. The van der Waals surface area contributed by atoms with Crippen molar-refractivity contribution >= 4 is 0 Å². The van der Waals surface area contributed by atoms with Crippen LogP contribution in [0.3, 0.4) is 0 Å². The predicted octanol–water partition coefficient (Wildman–Crippen LogP) is -0.314. The largest absolute Gasteiger partial charge is 0.357 e. The van der Waals surface area contributed by atoms with Crippen LogP contribution in [0.5, 0.6) is 0 Å². The van der Waals surface area contributed by atoms with Crippen LogP contribution in [-0.4, -0.2) is 32.0 Å². The minimum absolute atomic E-state index is 0.151. The summed E-state index contributed by atoms with van der Waals surface area (Å²) in [5.41, 5.74) is 0.151. The number of rotatable bonds is 0. The van der Waals surface area contributed by atoms with Crippen LogP contribution in [0.25, 0.3) is 0 Å². The van der Waals surface area contributed by atoms with Gasteiger partial charge in [-0.1, -0.05) is 0 Å². The first-order chi connectivity index (χ1) is 4.91. The van der Waals surface area contributed by atoms with Crippen molar-refractivity contribution in [2.75, 3.05) is 26.4 Å². The van der Waals surface area contributed by atoms with Crippen LogP contribution < -0.4 is 10.6 Å². The van der Waals surface area contributed by atoms with Crippen molar-refractivity contribution < 1.29 is 4.74 Å². The molecule has 0 aliphatic carbocycles. The SMILES string of the molecule is C1CNCC2(C1)CNCO2. The highest BCUT2D eigenvalue weighted by atomic mass is 16.5. The van der Waals surface area contributed by atoms with Gasteiger partial charge in [-0.25, -0.2) is 0 Å². The van der Waals surface area contributed by atoms with Gasteiger partial charge in [-0.3, -0.25) is 5.32 Å². The van der Waals surface area contributed by atoms with E-state index in [9.17, 15) is 0 Å². The van der Waals surface area contributed by atoms with E-state index in [1.54, 1.807) is 0 Å². The van der Waals surface area contributed by atoms with E-state index in [0.717, 1.165) is 26.4 Å². The van der Waals surface area contributed by atoms with Crippen LogP contribution in [0.15, 0.2) is 0 Å². The molecule has 2 aliphatic heterocycles. The summed E-state index contributed by atoms with van der Waals surface area (Å²) in [4.78, 5) is 0. The molecule has 2 N–H and O–H groups in total. The first-order valence-electron chi connectivity index (χ1n) is 3.97. The topological polar surface area (TPSA) is 33.3 Å². The van der Waals surface area contributed by atoms with Gasteiger partial charge in [0.05, 0.1) is 12.3 Å². The highest BCUT2D eigenvalue weighted by molar-refractivity contribution is 4.91. The molecule has 0 aromatic carbocycles. The Morgan fingerprint density at radius 2 is 2.10 bits per heavy atom. The molecular weight excluding hydrogens is 128 g/mol. The molecule has 1 atom stereocenters. The molecule has 0 saturated carbocycles. The third-order valence-corrected chi connectivity index (χ3v) is 2.36. The summed E-state index contributed by atoms with van der Waals surface area (Å²) >= 11 is 0. The summed E-state index contributed by atoms with van der Waals surface area (Å²) in [6, 6.07) is 0. The lowest BCUT2D eigenvalue weighted by molar-refractivity contribution is -0.00679. The van der Waals surface area contributed by atoms with E-state index < -0.39 is 0 Å². The van der Waals surface area contributed by atoms with E-state index in [-0.39, 0.29) is 5.60 Å². The van der Waals surface area contributed by atoms with E-state index in [4.69, 9.17) is 4.74 Å². The summed E-state index contributed by atoms with van der Waals surface area (Å²) in [7, 11) is 0. The minimum Gasteiger partial charge on any atom is -0.357 e. The van der Waals surface area contributed by atoms with Crippen molar-refractivity contribution in [1.29, 1.82) is 0 Å². The molecule has 3 heteroatoms. The molecule has 2 saturated heterocycles. The van der Waals surface area contributed by atoms with E-state index in [1.165, 1.54) is 12.8 Å². The Kier molecular flexibility index (Phi) is 1.64. The van der Waals surface area contributed by atoms with Crippen LogP contribution >= 0.6 is 0 Å². The molecule has 0 radical (unpaired) electrons. The Balaban J connectivity index is 1.98. The average Bonchev–Trinajstić information content (AvgIpc) is 2.39. The fourth-order valence-corrected chi connectivity index (χ4v) is 1.75.